The molecule has 3 N–H and O–H groups in total. The average Bonchev–Trinajstić information content (AvgIpc) is 2.84. The first-order valence-electron chi connectivity index (χ1n) is 9.77. The Labute approximate surface area is 193 Å². The molecule has 0 heterocycles. The van der Waals surface area contributed by atoms with Crippen molar-refractivity contribution in [2.45, 2.75) is 4.90 Å². The van der Waals surface area contributed by atoms with Crippen LogP contribution in [-0.2, 0) is 10.0 Å². The molecule has 33 heavy (non-hydrogen) atoms. The first-order chi connectivity index (χ1) is 15.8. The van der Waals surface area contributed by atoms with Crippen molar-refractivity contribution in [3.63, 3.8) is 0 Å². The molecule has 3 amide bonds. The number of hydrogen-bond donors (Lipinski definition) is 3. The monoisotopic (exact) mass is 467 g/mol. The van der Waals surface area contributed by atoms with Crippen LogP contribution in [0, 0.1) is 0 Å². The highest BCUT2D eigenvalue weighted by molar-refractivity contribution is 7.90. The maximum Gasteiger partial charge on any atom is 0.318 e. The van der Waals surface area contributed by atoms with Crippen LogP contribution < -0.4 is 20.1 Å². The molecule has 0 aromatic heterocycles. The van der Waals surface area contributed by atoms with Crippen LogP contribution in [0.4, 0.5) is 10.5 Å². The van der Waals surface area contributed by atoms with Gasteiger partial charge in [-0.1, -0.05) is 55.1 Å². The summed E-state index contributed by atoms with van der Waals surface area (Å²) in [4.78, 5) is 23.3. The smallest absolute Gasteiger partial charge is 0.318 e. The number of para-hydroxylation sites is 1. The number of urea groups is 1. The zero-order valence-electron chi connectivity index (χ0n) is 18.2. The molecule has 0 saturated carbocycles. The minimum Gasteiger partial charge on any atom is -0.496 e. The third kappa shape index (κ3) is 7.51. The van der Waals surface area contributed by atoms with Gasteiger partial charge in [0, 0.05) is 12.7 Å². The lowest BCUT2D eigenvalue weighted by Crippen LogP contribution is -2.31. The molecule has 0 radical (unpaired) electrons. The molecule has 8 nitrogen and oxygen atoms in total. The molecule has 0 bridgehead atoms. The molecule has 0 atom stereocenters. The van der Waals surface area contributed by atoms with Crippen LogP contribution in [0.15, 0.2) is 90.3 Å². The van der Waals surface area contributed by atoms with Crippen LogP contribution in [0.25, 0.3) is 6.08 Å². The van der Waals surface area contributed by atoms with E-state index in [9.17, 15) is 18.0 Å². The SMILES string of the molecule is C=Cc1ccccc1.CNC(=O)Nc1ccc(S(=O)(=O)NC(=O)c2ccccc2OC)cc1. The van der Waals surface area contributed by atoms with Gasteiger partial charge in [-0.2, -0.15) is 0 Å². The van der Waals surface area contributed by atoms with Gasteiger partial charge in [-0.05, 0) is 42.0 Å². The third-order valence-electron chi connectivity index (χ3n) is 4.26. The van der Waals surface area contributed by atoms with Gasteiger partial charge in [0.15, 0.2) is 0 Å². The maximum atomic E-state index is 12.3. The summed E-state index contributed by atoms with van der Waals surface area (Å²) in [5.41, 5.74) is 1.69. The Balaban J connectivity index is 0.000000405. The predicted octanol–water partition coefficient (Wildman–Crippen LogP) is 3.89. The maximum absolute atomic E-state index is 12.3. The molecule has 3 rings (SSSR count). The van der Waals surface area contributed by atoms with Crippen LogP contribution >= 0.6 is 0 Å². The Morgan fingerprint density at radius 2 is 1.52 bits per heavy atom. The number of carbonyl (C=O) groups is 2. The molecule has 0 saturated heterocycles. The highest BCUT2D eigenvalue weighted by Gasteiger charge is 2.21. The molecular formula is C24H25N3O5S. The lowest BCUT2D eigenvalue weighted by Gasteiger charge is -2.10. The van der Waals surface area contributed by atoms with Gasteiger partial charge in [0.2, 0.25) is 0 Å². The molecule has 9 heteroatoms. The Kier molecular flexibility index (Phi) is 9.19. The van der Waals surface area contributed by atoms with Crippen molar-refractivity contribution in [3.05, 3.63) is 96.6 Å². The van der Waals surface area contributed by atoms with Gasteiger partial charge in [0.25, 0.3) is 15.9 Å². The van der Waals surface area contributed by atoms with E-state index in [4.69, 9.17) is 4.74 Å². The topological polar surface area (TPSA) is 114 Å². The minimum absolute atomic E-state index is 0.103. The van der Waals surface area contributed by atoms with Crippen molar-refractivity contribution < 1.29 is 22.7 Å². The molecule has 0 spiro atoms. The second-order valence-corrected chi connectivity index (χ2v) is 8.16. The summed E-state index contributed by atoms with van der Waals surface area (Å²) in [6, 6.07) is 21.3. The van der Waals surface area contributed by atoms with Crippen LogP contribution in [0.1, 0.15) is 15.9 Å². The van der Waals surface area contributed by atoms with Gasteiger partial charge in [-0.15, -0.1) is 0 Å². The highest BCUT2D eigenvalue weighted by Crippen LogP contribution is 2.19. The molecular weight excluding hydrogens is 442 g/mol. The van der Waals surface area contributed by atoms with E-state index in [0.29, 0.717) is 5.69 Å². The fourth-order valence-corrected chi connectivity index (χ4v) is 3.53. The van der Waals surface area contributed by atoms with E-state index in [1.807, 2.05) is 41.1 Å². The van der Waals surface area contributed by atoms with Gasteiger partial charge < -0.3 is 15.4 Å². The van der Waals surface area contributed by atoms with E-state index in [1.54, 1.807) is 18.2 Å². The number of carbonyl (C=O) groups excluding carboxylic acids is 2. The Morgan fingerprint density at radius 1 is 0.909 bits per heavy atom. The highest BCUT2D eigenvalue weighted by atomic mass is 32.2. The van der Waals surface area contributed by atoms with Gasteiger partial charge in [0.05, 0.1) is 17.6 Å². The predicted molar refractivity (Wildman–Crippen MR) is 129 cm³/mol. The molecule has 0 aliphatic carbocycles. The summed E-state index contributed by atoms with van der Waals surface area (Å²) in [7, 11) is -1.22. The summed E-state index contributed by atoms with van der Waals surface area (Å²) in [5, 5.41) is 4.88. The standard InChI is InChI=1S/C16H17N3O5S.C8H8/c1-17-16(21)18-11-7-9-12(10-8-11)25(22,23)19-15(20)13-5-3-4-6-14(13)24-2;1-2-8-6-4-3-5-7-8/h3-10H,1-2H3,(H,19,20)(H2,17,18,21);2-7H,1H2. The fraction of sp³-hybridized carbons (Fsp3) is 0.0833. The van der Waals surface area contributed by atoms with E-state index in [-0.39, 0.29) is 16.2 Å². The van der Waals surface area contributed by atoms with Crippen LogP contribution in [0.2, 0.25) is 0 Å². The zero-order valence-corrected chi connectivity index (χ0v) is 19.1. The number of rotatable bonds is 6. The van der Waals surface area contributed by atoms with Crippen molar-refractivity contribution in [1.82, 2.24) is 10.0 Å². The van der Waals surface area contributed by atoms with Crippen molar-refractivity contribution in [2.75, 3.05) is 19.5 Å². The molecule has 0 aliphatic rings. The summed E-state index contributed by atoms with van der Waals surface area (Å²) in [6.07, 6.45) is 1.83. The minimum atomic E-state index is -4.07. The number of benzene rings is 3. The number of ether oxygens (including phenoxy) is 1. The van der Waals surface area contributed by atoms with E-state index in [0.717, 1.165) is 0 Å². The second kappa shape index (κ2) is 12.1. The van der Waals surface area contributed by atoms with E-state index in [2.05, 4.69) is 17.2 Å². The quantitative estimate of drug-likeness (QED) is 0.509. The number of methoxy groups -OCH3 is 1. The number of anilines is 1. The van der Waals surface area contributed by atoms with Gasteiger partial charge in [-0.25, -0.2) is 17.9 Å². The number of sulfonamides is 1. The summed E-state index contributed by atoms with van der Waals surface area (Å²) < 4.78 is 31.7. The van der Waals surface area contributed by atoms with Crippen molar-refractivity contribution in [3.8, 4) is 5.75 Å². The molecule has 172 valence electrons. The van der Waals surface area contributed by atoms with Crippen molar-refractivity contribution >= 4 is 33.7 Å². The van der Waals surface area contributed by atoms with Gasteiger partial charge in [0.1, 0.15) is 5.75 Å². The van der Waals surface area contributed by atoms with Crippen LogP contribution in [0.5, 0.6) is 5.75 Å². The van der Waals surface area contributed by atoms with Gasteiger partial charge in [-0.3, -0.25) is 4.79 Å². The van der Waals surface area contributed by atoms with Crippen LogP contribution in [0.3, 0.4) is 0 Å². The molecule has 0 fully saturated rings. The average molecular weight is 468 g/mol. The number of nitrogens with one attached hydrogen (secondary N) is 3. The largest absolute Gasteiger partial charge is 0.496 e. The summed E-state index contributed by atoms with van der Waals surface area (Å²) in [5.74, 6) is -0.537. The molecule has 0 unspecified atom stereocenters. The first-order valence-corrected chi connectivity index (χ1v) is 11.3. The normalized spacial score (nSPS) is 10.1. The van der Waals surface area contributed by atoms with E-state index < -0.39 is 22.0 Å². The molecule has 3 aromatic carbocycles. The number of amides is 3. The summed E-state index contributed by atoms with van der Waals surface area (Å²) in [6.45, 7) is 3.63. The summed E-state index contributed by atoms with van der Waals surface area (Å²) >= 11 is 0. The second-order valence-electron chi connectivity index (χ2n) is 6.48. The molecule has 0 aliphatic heterocycles. The molecule has 3 aromatic rings. The zero-order chi connectivity index (χ0) is 24.3. The Bertz CT molecular complexity index is 1190. The lowest BCUT2D eigenvalue weighted by molar-refractivity contribution is 0.0978. The van der Waals surface area contributed by atoms with Gasteiger partial charge >= 0.3 is 6.03 Å². The fourth-order valence-electron chi connectivity index (χ4n) is 2.57. The van der Waals surface area contributed by atoms with Crippen molar-refractivity contribution in [2.24, 2.45) is 0 Å². The van der Waals surface area contributed by atoms with E-state index in [1.165, 1.54) is 50.1 Å². The lowest BCUT2D eigenvalue weighted by atomic mass is 10.2. The first kappa shape index (κ1) is 25.2. The third-order valence-corrected chi connectivity index (χ3v) is 5.61. The Morgan fingerprint density at radius 3 is 2.06 bits per heavy atom. The van der Waals surface area contributed by atoms with Crippen molar-refractivity contribution in [1.29, 1.82) is 0 Å². The number of hydrogen-bond acceptors (Lipinski definition) is 5. The van der Waals surface area contributed by atoms with Crippen LogP contribution in [-0.4, -0.2) is 34.5 Å². The Hall–Kier alpha value is -4.11. The van der Waals surface area contributed by atoms with E-state index >= 15 is 0 Å².